The van der Waals surface area contributed by atoms with Crippen molar-refractivity contribution in [1.29, 1.82) is 0 Å². The molecule has 1 amide bonds. The molecule has 7 heteroatoms. The van der Waals surface area contributed by atoms with Crippen LogP contribution in [0.1, 0.15) is 30.0 Å². The third-order valence-corrected chi connectivity index (χ3v) is 6.37. The average molecular weight is 484 g/mol. The first-order chi connectivity index (χ1) is 12.3. The molecule has 1 N–H and O–H groups in total. The summed E-state index contributed by atoms with van der Waals surface area (Å²) in [6.07, 6.45) is 4.01. The zero-order chi connectivity index (χ0) is 18.7. The summed E-state index contributed by atoms with van der Waals surface area (Å²) >= 11 is 2.16. The summed E-state index contributed by atoms with van der Waals surface area (Å²) < 4.78 is 26.5. The third kappa shape index (κ3) is 4.56. The van der Waals surface area contributed by atoms with Crippen LogP contribution in [-0.2, 0) is 21.2 Å². The number of fused-ring (bicyclic) bond motifs is 1. The zero-order valence-corrected chi connectivity index (χ0v) is 17.5. The highest BCUT2D eigenvalue weighted by molar-refractivity contribution is 14.1. The van der Waals surface area contributed by atoms with Gasteiger partial charge in [-0.2, -0.15) is 0 Å². The molecular formula is C19H21IN2O3S. The summed E-state index contributed by atoms with van der Waals surface area (Å²) in [6.45, 7) is -0.224. The fraction of sp³-hybridized carbons (Fsp3) is 0.316. The molecule has 0 saturated carbocycles. The minimum Gasteiger partial charge on any atom is -0.348 e. The van der Waals surface area contributed by atoms with E-state index in [0.717, 1.165) is 39.0 Å². The zero-order valence-electron chi connectivity index (χ0n) is 14.5. The second kappa shape index (κ2) is 7.96. The minimum absolute atomic E-state index is 0.0643. The number of benzene rings is 2. The van der Waals surface area contributed by atoms with E-state index in [2.05, 4.69) is 34.0 Å². The van der Waals surface area contributed by atoms with Gasteiger partial charge in [0, 0.05) is 3.57 Å². The van der Waals surface area contributed by atoms with Gasteiger partial charge < -0.3 is 5.32 Å². The number of carbonyl (C=O) groups excluding carboxylic acids is 1. The summed E-state index contributed by atoms with van der Waals surface area (Å²) in [4.78, 5) is 12.6. The lowest BCUT2D eigenvalue weighted by Gasteiger charge is -2.28. The predicted molar refractivity (Wildman–Crippen MR) is 112 cm³/mol. The number of halogens is 1. The molecule has 2 aromatic rings. The van der Waals surface area contributed by atoms with Gasteiger partial charge in [-0.1, -0.05) is 24.3 Å². The first-order valence-electron chi connectivity index (χ1n) is 8.45. The Hall–Kier alpha value is -1.61. The predicted octanol–water partition coefficient (Wildman–Crippen LogP) is 3.25. The molecule has 0 unspecified atom stereocenters. The highest BCUT2D eigenvalue weighted by atomic mass is 127. The number of rotatable bonds is 5. The summed E-state index contributed by atoms with van der Waals surface area (Å²) in [5.74, 6) is -0.296. The smallest absolute Gasteiger partial charge is 0.241 e. The summed E-state index contributed by atoms with van der Waals surface area (Å²) in [5.41, 5.74) is 2.88. The fourth-order valence-electron chi connectivity index (χ4n) is 3.28. The van der Waals surface area contributed by atoms with Crippen molar-refractivity contribution in [1.82, 2.24) is 5.32 Å². The molecule has 1 atom stereocenters. The molecule has 0 saturated heterocycles. The van der Waals surface area contributed by atoms with Gasteiger partial charge in [0.25, 0.3) is 0 Å². The van der Waals surface area contributed by atoms with Crippen LogP contribution in [0.5, 0.6) is 0 Å². The van der Waals surface area contributed by atoms with Gasteiger partial charge in [-0.25, -0.2) is 8.42 Å². The van der Waals surface area contributed by atoms with Crippen LogP contribution >= 0.6 is 22.6 Å². The van der Waals surface area contributed by atoms with E-state index in [9.17, 15) is 13.2 Å². The molecule has 0 bridgehead atoms. The van der Waals surface area contributed by atoms with Crippen molar-refractivity contribution >= 4 is 44.2 Å². The second-order valence-corrected chi connectivity index (χ2v) is 9.61. The third-order valence-electron chi connectivity index (χ3n) is 4.51. The molecule has 0 aliphatic heterocycles. The van der Waals surface area contributed by atoms with Crippen LogP contribution in [0.3, 0.4) is 0 Å². The molecule has 0 radical (unpaired) electrons. The van der Waals surface area contributed by atoms with E-state index >= 15 is 0 Å². The van der Waals surface area contributed by atoms with Crippen molar-refractivity contribution in [3.8, 4) is 0 Å². The Labute approximate surface area is 168 Å². The molecule has 5 nitrogen and oxygen atoms in total. The van der Waals surface area contributed by atoms with Gasteiger partial charge in [0.05, 0.1) is 18.0 Å². The number of amides is 1. The van der Waals surface area contributed by atoms with Crippen molar-refractivity contribution in [2.24, 2.45) is 0 Å². The number of hydrogen-bond donors (Lipinski definition) is 1. The molecule has 0 spiro atoms. The second-order valence-electron chi connectivity index (χ2n) is 6.46. The van der Waals surface area contributed by atoms with Gasteiger partial charge in [-0.3, -0.25) is 9.10 Å². The van der Waals surface area contributed by atoms with Crippen molar-refractivity contribution in [3.63, 3.8) is 0 Å². The molecule has 2 aromatic carbocycles. The maximum absolute atomic E-state index is 12.6. The maximum Gasteiger partial charge on any atom is 0.241 e. The normalized spacial score (nSPS) is 16.6. The summed E-state index contributed by atoms with van der Waals surface area (Å²) in [7, 11) is -3.56. The van der Waals surface area contributed by atoms with Gasteiger partial charge >= 0.3 is 0 Å². The lowest BCUT2D eigenvalue weighted by molar-refractivity contribution is -0.120. The Bertz CT molecular complexity index is 897. The molecule has 1 aliphatic carbocycles. The van der Waals surface area contributed by atoms with Crippen LogP contribution in [0.15, 0.2) is 48.5 Å². The Morgan fingerprint density at radius 1 is 1.19 bits per heavy atom. The van der Waals surface area contributed by atoms with Gasteiger partial charge in [-0.05, 0) is 77.2 Å². The Morgan fingerprint density at radius 3 is 2.58 bits per heavy atom. The average Bonchev–Trinajstić information content (AvgIpc) is 2.60. The van der Waals surface area contributed by atoms with Crippen molar-refractivity contribution in [3.05, 3.63) is 63.2 Å². The highest BCUT2D eigenvalue weighted by Crippen LogP contribution is 2.29. The van der Waals surface area contributed by atoms with E-state index < -0.39 is 10.0 Å². The van der Waals surface area contributed by atoms with Crippen LogP contribution in [0.2, 0.25) is 0 Å². The fourth-order valence-corrected chi connectivity index (χ4v) is 4.50. The summed E-state index contributed by atoms with van der Waals surface area (Å²) in [5, 5.41) is 3.01. The number of nitrogens with zero attached hydrogens (tertiary/aromatic N) is 1. The first-order valence-corrected chi connectivity index (χ1v) is 11.4. The number of sulfonamides is 1. The lowest BCUT2D eigenvalue weighted by atomic mass is 9.88. The van der Waals surface area contributed by atoms with Crippen LogP contribution in [-0.4, -0.2) is 27.1 Å². The molecular weight excluding hydrogens is 463 g/mol. The van der Waals surface area contributed by atoms with Crippen molar-refractivity contribution < 1.29 is 13.2 Å². The van der Waals surface area contributed by atoms with Crippen LogP contribution in [0.25, 0.3) is 0 Å². The minimum atomic E-state index is -3.56. The topological polar surface area (TPSA) is 66.5 Å². The highest BCUT2D eigenvalue weighted by Gasteiger charge is 2.25. The van der Waals surface area contributed by atoms with Gasteiger partial charge in [0.1, 0.15) is 6.54 Å². The van der Waals surface area contributed by atoms with E-state index in [1.807, 2.05) is 30.3 Å². The number of aryl methyl sites for hydroxylation is 1. The van der Waals surface area contributed by atoms with E-state index in [4.69, 9.17) is 0 Å². The van der Waals surface area contributed by atoms with Crippen molar-refractivity contribution in [2.75, 3.05) is 17.1 Å². The van der Waals surface area contributed by atoms with Crippen LogP contribution < -0.4 is 9.62 Å². The number of nitrogens with one attached hydrogen (secondary N) is 1. The molecule has 1 aliphatic rings. The largest absolute Gasteiger partial charge is 0.348 e. The van der Waals surface area contributed by atoms with E-state index in [-0.39, 0.29) is 18.5 Å². The van der Waals surface area contributed by atoms with Crippen molar-refractivity contribution in [2.45, 2.75) is 25.3 Å². The van der Waals surface area contributed by atoms with E-state index in [0.29, 0.717) is 5.69 Å². The Morgan fingerprint density at radius 2 is 1.88 bits per heavy atom. The quantitative estimate of drug-likeness (QED) is 0.663. The molecule has 26 heavy (non-hydrogen) atoms. The van der Waals surface area contributed by atoms with E-state index in [1.165, 1.54) is 5.56 Å². The first kappa shape index (κ1) is 19.2. The number of anilines is 1. The van der Waals surface area contributed by atoms with Crippen LogP contribution in [0.4, 0.5) is 5.69 Å². The number of carbonyl (C=O) groups is 1. The van der Waals surface area contributed by atoms with Gasteiger partial charge in [-0.15, -0.1) is 0 Å². The maximum atomic E-state index is 12.6. The van der Waals surface area contributed by atoms with Crippen LogP contribution in [0, 0.1) is 3.57 Å². The van der Waals surface area contributed by atoms with Gasteiger partial charge in [0.15, 0.2) is 0 Å². The molecule has 3 rings (SSSR count). The molecule has 0 heterocycles. The van der Waals surface area contributed by atoms with E-state index in [1.54, 1.807) is 12.1 Å². The lowest BCUT2D eigenvalue weighted by Crippen LogP contribution is -2.42. The monoisotopic (exact) mass is 484 g/mol. The van der Waals surface area contributed by atoms with Gasteiger partial charge in [0.2, 0.25) is 15.9 Å². The molecule has 0 fully saturated rings. The number of hydrogen-bond acceptors (Lipinski definition) is 3. The summed E-state index contributed by atoms with van der Waals surface area (Å²) in [6, 6.07) is 15.1. The molecule has 0 aromatic heterocycles. The Balaban J connectivity index is 1.76. The molecule has 138 valence electrons. The Kier molecular flexibility index (Phi) is 5.86. The SMILES string of the molecule is CS(=O)(=O)N(CC(=O)N[C@@H]1CCCc2ccccc21)c1ccc(I)cc1. The standard InChI is InChI=1S/C19H21IN2O3S/c1-26(24,25)22(16-11-9-15(20)10-12-16)13-19(23)21-18-8-4-6-14-5-2-3-7-17(14)18/h2-3,5,7,9-12,18H,4,6,8,13H2,1H3,(H,21,23)/t18-/m1/s1.